The van der Waals surface area contributed by atoms with Crippen molar-refractivity contribution in [2.45, 2.75) is 52.5 Å². The molecule has 1 heteroatoms. The van der Waals surface area contributed by atoms with Crippen molar-refractivity contribution in [2.24, 2.45) is 5.92 Å². The van der Waals surface area contributed by atoms with Gasteiger partial charge in [0.1, 0.15) is 0 Å². The SMILES string of the molecule is C=C/C=C\C(=C/CCC)CC1CCN(C(C)C)C1. The molecule has 1 aliphatic rings. The second kappa shape index (κ2) is 8.31. The molecule has 0 aliphatic carbocycles. The summed E-state index contributed by atoms with van der Waals surface area (Å²) in [6.07, 6.45) is 13.6. The van der Waals surface area contributed by atoms with E-state index in [1.54, 1.807) is 0 Å². The summed E-state index contributed by atoms with van der Waals surface area (Å²) in [5, 5.41) is 0. The third-order valence-corrected chi connectivity index (χ3v) is 3.71. The van der Waals surface area contributed by atoms with E-state index < -0.39 is 0 Å². The number of hydrogen-bond acceptors (Lipinski definition) is 1. The van der Waals surface area contributed by atoms with Crippen molar-refractivity contribution < 1.29 is 0 Å². The van der Waals surface area contributed by atoms with Gasteiger partial charge in [0.25, 0.3) is 0 Å². The van der Waals surface area contributed by atoms with Crippen LogP contribution >= 0.6 is 0 Å². The van der Waals surface area contributed by atoms with Crippen LogP contribution in [0.3, 0.4) is 0 Å². The minimum Gasteiger partial charge on any atom is -0.301 e. The van der Waals surface area contributed by atoms with Gasteiger partial charge in [0, 0.05) is 12.6 Å². The second-order valence-corrected chi connectivity index (χ2v) is 5.61. The first-order valence-corrected chi connectivity index (χ1v) is 7.39. The third-order valence-electron chi connectivity index (χ3n) is 3.71. The monoisotopic (exact) mass is 247 g/mol. The number of unbranched alkanes of at least 4 members (excludes halogenated alkanes) is 1. The van der Waals surface area contributed by atoms with Gasteiger partial charge in [0.15, 0.2) is 0 Å². The average molecular weight is 247 g/mol. The van der Waals surface area contributed by atoms with Crippen molar-refractivity contribution in [3.05, 3.63) is 36.5 Å². The number of nitrogens with zero attached hydrogens (tertiary/aromatic N) is 1. The van der Waals surface area contributed by atoms with Crippen LogP contribution in [0.4, 0.5) is 0 Å². The molecule has 0 aromatic carbocycles. The Morgan fingerprint density at radius 1 is 1.44 bits per heavy atom. The van der Waals surface area contributed by atoms with E-state index >= 15 is 0 Å². The highest BCUT2D eigenvalue weighted by atomic mass is 15.2. The minimum absolute atomic E-state index is 0.696. The molecule has 18 heavy (non-hydrogen) atoms. The maximum absolute atomic E-state index is 3.76. The number of rotatable bonds is 7. The van der Waals surface area contributed by atoms with Crippen LogP contribution in [0.1, 0.15) is 46.5 Å². The lowest BCUT2D eigenvalue weighted by Gasteiger charge is -2.20. The maximum atomic E-state index is 3.76. The molecule has 1 aliphatic heterocycles. The van der Waals surface area contributed by atoms with Crippen molar-refractivity contribution in [3.8, 4) is 0 Å². The summed E-state index contributed by atoms with van der Waals surface area (Å²) in [7, 11) is 0. The summed E-state index contributed by atoms with van der Waals surface area (Å²) < 4.78 is 0. The zero-order valence-corrected chi connectivity index (χ0v) is 12.4. The van der Waals surface area contributed by atoms with Crippen LogP contribution in [0.5, 0.6) is 0 Å². The molecule has 1 fully saturated rings. The summed E-state index contributed by atoms with van der Waals surface area (Å²) >= 11 is 0. The molecule has 0 aromatic rings. The Balaban J connectivity index is 2.51. The Bertz CT molecular complexity index is 299. The highest BCUT2D eigenvalue weighted by molar-refractivity contribution is 5.22. The predicted molar refractivity (Wildman–Crippen MR) is 81.8 cm³/mol. The van der Waals surface area contributed by atoms with Gasteiger partial charge in [-0.1, -0.05) is 49.8 Å². The minimum atomic E-state index is 0.696. The summed E-state index contributed by atoms with van der Waals surface area (Å²) in [5.74, 6) is 0.838. The molecular formula is C17H29N. The van der Waals surface area contributed by atoms with Gasteiger partial charge in [-0.3, -0.25) is 0 Å². The number of hydrogen-bond donors (Lipinski definition) is 0. The van der Waals surface area contributed by atoms with Crippen LogP contribution in [0.25, 0.3) is 0 Å². The summed E-state index contributed by atoms with van der Waals surface area (Å²) in [4.78, 5) is 2.60. The Kier molecular flexibility index (Phi) is 7.04. The van der Waals surface area contributed by atoms with E-state index in [4.69, 9.17) is 0 Å². The highest BCUT2D eigenvalue weighted by Gasteiger charge is 2.24. The third kappa shape index (κ3) is 5.22. The smallest absolute Gasteiger partial charge is 0.00387 e. The lowest BCUT2D eigenvalue weighted by Crippen LogP contribution is -2.28. The molecule has 0 N–H and O–H groups in total. The van der Waals surface area contributed by atoms with Crippen LogP contribution < -0.4 is 0 Å². The van der Waals surface area contributed by atoms with Gasteiger partial charge in [-0.25, -0.2) is 0 Å². The van der Waals surface area contributed by atoms with E-state index in [-0.39, 0.29) is 0 Å². The number of likely N-dealkylation sites (tertiary alicyclic amines) is 1. The van der Waals surface area contributed by atoms with Crippen molar-refractivity contribution in [1.82, 2.24) is 4.90 Å². The van der Waals surface area contributed by atoms with Crippen LogP contribution in [0.15, 0.2) is 36.5 Å². The summed E-state index contributed by atoms with van der Waals surface area (Å²) in [6.45, 7) is 13.1. The maximum Gasteiger partial charge on any atom is 0.00387 e. The largest absolute Gasteiger partial charge is 0.301 e. The lowest BCUT2D eigenvalue weighted by molar-refractivity contribution is 0.265. The summed E-state index contributed by atoms with van der Waals surface area (Å²) in [5.41, 5.74) is 1.49. The Morgan fingerprint density at radius 3 is 2.78 bits per heavy atom. The molecule has 1 heterocycles. The van der Waals surface area contributed by atoms with Crippen molar-refractivity contribution in [1.29, 1.82) is 0 Å². The van der Waals surface area contributed by atoms with Gasteiger partial charge in [0.2, 0.25) is 0 Å². The zero-order valence-electron chi connectivity index (χ0n) is 12.4. The first-order valence-electron chi connectivity index (χ1n) is 7.39. The van der Waals surface area contributed by atoms with Gasteiger partial charge in [-0.2, -0.15) is 0 Å². The first-order chi connectivity index (χ1) is 8.67. The molecule has 0 radical (unpaired) electrons. The second-order valence-electron chi connectivity index (χ2n) is 5.61. The van der Waals surface area contributed by atoms with Gasteiger partial charge in [-0.05, 0) is 45.6 Å². The van der Waals surface area contributed by atoms with E-state index in [1.807, 2.05) is 6.08 Å². The fourth-order valence-electron chi connectivity index (χ4n) is 2.57. The molecule has 1 unspecified atom stereocenters. The van der Waals surface area contributed by atoms with E-state index in [0.29, 0.717) is 6.04 Å². The van der Waals surface area contributed by atoms with Crippen molar-refractivity contribution in [3.63, 3.8) is 0 Å². The van der Waals surface area contributed by atoms with Crippen LogP contribution in [0, 0.1) is 5.92 Å². The number of allylic oxidation sites excluding steroid dienone is 5. The van der Waals surface area contributed by atoms with Gasteiger partial charge in [0.05, 0.1) is 0 Å². The molecule has 0 saturated carbocycles. The lowest BCUT2D eigenvalue weighted by atomic mass is 9.97. The fourth-order valence-corrected chi connectivity index (χ4v) is 2.57. The van der Waals surface area contributed by atoms with Gasteiger partial charge < -0.3 is 4.90 Å². The molecule has 1 rings (SSSR count). The fraction of sp³-hybridized carbons (Fsp3) is 0.647. The van der Waals surface area contributed by atoms with Crippen molar-refractivity contribution in [2.75, 3.05) is 13.1 Å². The molecule has 0 spiro atoms. The van der Waals surface area contributed by atoms with Gasteiger partial charge >= 0.3 is 0 Å². The van der Waals surface area contributed by atoms with E-state index in [9.17, 15) is 0 Å². The molecule has 102 valence electrons. The van der Waals surface area contributed by atoms with E-state index in [1.165, 1.54) is 44.3 Å². The zero-order chi connectivity index (χ0) is 13.4. The highest BCUT2D eigenvalue weighted by Crippen LogP contribution is 2.25. The molecule has 0 amide bonds. The molecule has 0 aromatic heterocycles. The normalized spacial score (nSPS) is 22.2. The van der Waals surface area contributed by atoms with Gasteiger partial charge in [-0.15, -0.1) is 0 Å². The molecule has 1 nitrogen and oxygen atoms in total. The Labute approximate surface area is 113 Å². The molecule has 0 bridgehead atoms. The van der Waals surface area contributed by atoms with Crippen molar-refractivity contribution >= 4 is 0 Å². The molecule has 1 atom stereocenters. The Morgan fingerprint density at radius 2 is 2.22 bits per heavy atom. The summed E-state index contributed by atoms with van der Waals surface area (Å²) in [6, 6.07) is 0.696. The van der Waals surface area contributed by atoms with Crippen LogP contribution in [-0.2, 0) is 0 Å². The van der Waals surface area contributed by atoms with E-state index in [2.05, 4.69) is 50.5 Å². The average Bonchev–Trinajstić information content (AvgIpc) is 2.81. The standard InChI is InChI=1S/C17H29N/c1-5-7-9-16(10-8-6-2)13-17-11-12-18(14-17)15(3)4/h5,7,9-10,15,17H,1,6,8,11-14H2,2-4H3/b9-7-,16-10+. The van der Waals surface area contributed by atoms with Crippen LogP contribution in [-0.4, -0.2) is 24.0 Å². The quantitative estimate of drug-likeness (QED) is 0.595. The molecule has 1 saturated heterocycles. The first kappa shape index (κ1) is 15.2. The van der Waals surface area contributed by atoms with Crippen LogP contribution in [0.2, 0.25) is 0 Å². The predicted octanol–water partition coefficient (Wildman–Crippen LogP) is 4.58. The molecular weight excluding hydrogens is 218 g/mol. The Hall–Kier alpha value is -0.820. The topological polar surface area (TPSA) is 3.24 Å². The van der Waals surface area contributed by atoms with E-state index in [0.717, 1.165) is 5.92 Å².